The standard InChI is InChI=1S/C18H18N4O2S/c1-2-24-15-7-3-5-13(9-15)10-20-17(23)22-18-21-16(12-25-18)14-6-4-8-19-11-14/h3-9,11-12H,2,10H2,1H3,(H2,20,21,22,23). The van der Waals surface area contributed by atoms with Gasteiger partial charge in [0.2, 0.25) is 0 Å². The zero-order chi connectivity index (χ0) is 17.5. The van der Waals surface area contributed by atoms with Gasteiger partial charge in [-0.1, -0.05) is 12.1 Å². The molecule has 1 aromatic carbocycles. The Morgan fingerprint density at radius 1 is 1.28 bits per heavy atom. The van der Waals surface area contributed by atoms with Crippen LogP contribution in [0.15, 0.2) is 54.2 Å². The molecule has 0 atom stereocenters. The van der Waals surface area contributed by atoms with Crippen LogP contribution in [0.3, 0.4) is 0 Å². The second-order valence-electron chi connectivity index (χ2n) is 5.17. The summed E-state index contributed by atoms with van der Waals surface area (Å²) < 4.78 is 5.45. The minimum absolute atomic E-state index is 0.297. The maximum absolute atomic E-state index is 12.0. The molecule has 0 saturated heterocycles. The van der Waals surface area contributed by atoms with Crippen LogP contribution in [0.25, 0.3) is 11.3 Å². The first-order valence-electron chi connectivity index (χ1n) is 7.87. The summed E-state index contributed by atoms with van der Waals surface area (Å²) in [6, 6.07) is 11.1. The van der Waals surface area contributed by atoms with E-state index < -0.39 is 0 Å². The summed E-state index contributed by atoms with van der Waals surface area (Å²) in [5.74, 6) is 0.795. The summed E-state index contributed by atoms with van der Waals surface area (Å²) in [4.78, 5) is 20.5. The van der Waals surface area contributed by atoms with Gasteiger partial charge >= 0.3 is 6.03 Å². The number of hydrogen-bond acceptors (Lipinski definition) is 5. The Balaban J connectivity index is 1.55. The van der Waals surface area contributed by atoms with Gasteiger partial charge in [0.1, 0.15) is 5.75 Å². The summed E-state index contributed by atoms with van der Waals surface area (Å²) >= 11 is 1.37. The maximum atomic E-state index is 12.0. The fraction of sp³-hybridized carbons (Fsp3) is 0.167. The van der Waals surface area contributed by atoms with E-state index in [-0.39, 0.29) is 6.03 Å². The van der Waals surface area contributed by atoms with Crippen molar-refractivity contribution in [1.82, 2.24) is 15.3 Å². The lowest BCUT2D eigenvalue weighted by molar-refractivity contribution is 0.251. The highest BCUT2D eigenvalue weighted by Gasteiger charge is 2.08. The molecule has 7 heteroatoms. The molecule has 2 heterocycles. The lowest BCUT2D eigenvalue weighted by Gasteiger charge is -2.08. The van der Waals surface area contributed by atoms with Crippen molar-refractivity contribution in [3.8, 4) is 17.0 Å². The Bertz CT molecular complexity index is 836. The largest absolute Gasteiger partial charge is 0.494 e. The highest BCUT2D eigenvalue weighted by Crippen LogP contribution is 2.23. The minimum Gasteiger partial charge on any atom is -0.494 e. The Hall–Kier alpha value is -2.93. The molecule has 0 aliphatic heterocycles. The number of carbonyl (C=O) groups is 1. The van der Waals surface area contributed by atoms with Crippen LogP contribution in [0.5, 0.6) is 5.75 Å². The van der Waals surface area contributed by atoms with Gasteiger partial charge in [-0.25, -0.2) is 9.78 Å². The number of anilines is 1. The molecule has 0 bridgehead atoms. The number of aromatic nitrogens is 2. The van der Waals surface area contributed by atoms with Crippen LogP contribution in [-0.4, -0.2) is 22.6 Å². The van der Waals surface area contributed by atoms with Crippen molar-refractivity contribution in [3.05, 3.63) is 59.7 Å². The number of ether oxygens (including phenoxy) is 1. The molecule has 6 nitrogen and oxygen atoms in total. The third-order valence-corrected chi connectivity index (χ3v) is 4.10. The number of hydrogen-bond donors (Lipinski definition) is 2. The molecule has 2 N–H and O–H groups in total. The van der Waals surface area contributed by atoms with Crippen LogP contribution >= 0.6 is 11.3 Å². The van der Waals surface area contributed by atoms with Gasteiger partial charge in [0, 0.05) is 29.9 Å². The molecule has 128 valence electrons. The molecule has 0 aliphatic rings. The Labute approximate surface area is 149 Å². The normalized spacial score (nSPS) is 10.3. The highest BCUT2D eigenvalue weighted by molar-refractivity contribution is 7.14. The van der Waals surface area contributed by atoms with E-state index in [4.69, 9.17) is 4.74 Å². The quantitative estimate of drug-likeness (QED) is 0.703. The molecule has 0 spiro atoms. The van der Waals surface area contributed by atoms with Gasteiger partial charge in [-0.2, -0.15) is 0 Å². The summed E-state index contributed by atoms with van der Waals surface area (Å²) in [5, 5.41) is 7.99. The van der Waals surface area contributed by atoms with Crippen molar-refractivity contribution < 1.29 is 9.53 Å². The van der Waals surface area contributed by atoms with Crippen molar-refractivity contribution in [2.75, 3.05) is 11.9 Å². The van der Waals surface area contributed by atoms with Crippen LogP contribution in [0.1, 0.15) is 12.5 Å². The van der Waals surface area contributed by atoms with Crippen LogP contribution in [0, 0.1) is 0 Å². The molecule has 0 aliphatic carbocycles. The van der Waals surface area contributed by atoms with Gasteiger partial charge in [0.05, 0.1) is 12.3 Å². The topological polar surface area (TPSA) is 76.1 Å². The first kappa shape index (κ1) is 16.9. The minimum atomic E-state index is -0.297. The highest BCUT2D eigenvalue weighted by atomic mass is 32.1. The van der Waals surface area contributed by atoms with Crippen molar-refractivity contribution in [1.29, 1.82) is 0 Å². The third-order valence-electron chi connectivity index (χ3n) is 3.34. The molecule has 0 fully saturated rings. The molecule has 0 unspecified atom stereocenters. The average Bonchev–Trinajstić information content (AvgIpc) is 3.10. The molecule has 0 saturated carbocycles. The lowest BCUT2D eigenvalue weighted by Crippen LogP contribution is -2.28. The summed E-state index contributed by atoms with van der Waals surface area (Å²) in [7, 11) is 0. The number of amides is 2. The van der Waals surface area contributed by atoms with Crippen molar-refractivity contribution in [3.63, 3.8) is 0 Å². The van der Waals surface area contributed by atoms with Crippen molar-refractivity contribution >= 4 is 22.5 Å². The van der Waals surface area contributed by atoms with Gasteiger partial charge in [-0.3, -0.25) is 10.3 Å². The summed E-state index contributed by atoms with van der Waals surface area (Å²) in [6.45, 7) is 2.96. The van der Waals surface area contributed by atoms with E-state index in [9.17, 15) is 4.79 Å². The van der Waals surface area contributed by atoms with E-state index in [1.165, 1.54) is 11.3 Å². The number of thiazole rings is 1. The van der Waals surface area contributed by atoms with E-state index in [1.807, 2.05) is 48.7 Å². The number of carbonyl (C=O) groups excluding carboxylic acids is 1. The molecule has 2 amide bonds. The zero-order valence-corrected chi connectivity index (χ0v) is 14.5. The number of nitrogens with one attached hydrogen (secondary N) is 2. The first-order valence-corrected chi connectivity index (χ1v) is 8.75. The van der Waals surface area contributed by atoms with E-state index >= 15 is 0 Å². The predicted molar refractivity (Wildman–Crippen MR) is 98.8 cm³/mol. The molecular weight excluding hydrogens is 336 g/mol. The number of urea groups is 1. The van der Waals surface area contributed by atoms with Crippen LogP contribution in [0.2, 0.25) is 0 Å². The maximum Gasteiger partial charge on any atom is 0.321 e. The van der Waals surface area contributed by atoms with Crippen molar-refractivity contribution in [2.45, 2.75) is 13.5 Å². The van der Waals surface area contributed by atoms with Gasteiger partial charge in [0.15, 0.2) is 5.13 Å². The van der Waals surface area contributed by atoms with Crippen LogP contribution in [0.4, 0.5) is 9.93 Å². The molecule has 3 rings (SSSR count). The second kappa shape index (κ2) is 8.25. The van der Waals surface area contributed by atoms with Gasteiger partial charge < -0.3 is 10.1 Å². The van der Waals surface area contributed by atoms with Gasteiger partial charge in [0.25, 0.3) is 0 Å². The SMILES string of the molecule is CCOc1cccc(CNC(=O)Nc2nc(-c3cccnc3)cs2)c1. The smallest absolute Gasteiger partial charge is 0.321 e. The Morgan fingerprint density at radius 3 is 3.00 bits per heavy atom. The summed E-state index contributed by atoms with van der Waals surface area (Å²) in [6.07, 6.45) is 3.45. The molecule has 25 heavy (non-hydrogen) atoms. The molecule has 3 aromatic rings. The zero-order valence-electron chi connectivity index (χ0n) is 13.7. The number of rotatable bonds is 6. The van der Waals surface area contributed by atoms with E-state index in [2.05, 4.69) is 20.6 Å². The van der Waals surface area contributed by atoms with E-state index in [1.54, 1.807) is 12.4 Å². The fourth-order valence-electron chi connectivity index (χ4n) is 2.21. The average molecular weight is 354 g/mol. The monoisotopic (exact) mass is 354 g/mol. The second-order valence-corrected chi connectivity index (χ2v) is 6.03. The van der Waals surface area contributed by atoms with Gasteiger partial charge in [-0.05, 0) is 36.8 Å². The molecule has 0 radical (unpaired) electrons. The Kier molecular flexibility index (Phi) is 5.58. The first-order chi connectivity index (χ1) is 12.2. The number of nitrogens with zero attached hydrogens (tertiary/aromatic N) is 2. The predicted octanol–water partition coefficient (Wildman–Crippen LogP) is 3.93. The van der Waals surface area contributed by atoms with Crippen LogP contribution < -0.4 is 15.4 Å². The van der Waals surface area contributed by atoms with E-state index in [0.29, 0.717) is 18.3 Å². The van der Waals surface area contributed by atoms with E-state index in [0.717, 1.165) is 22.6 Å². The third kappa shape index (κ3) is 4.77. The number of benzene rings is 1. The summed E-state index contributed by atoms with van der Waals surface area (Å²) in [5.41, 5.74) is 2.68. The Morgan fingerprint density at radius 2 is 2.20 bits per heavy atom. The fourth-order valence-corrected chi connectivity index (χ4v) is 2.93. The van der Waals surface area contributed by atoms with Crippen molar-refractivity contribution in [2.24, 2.45) is 0 Å². The molecular formula is C18H18N4O2S. The number of pyridine rings is 1. The van der Waals surface area contributed by atoms with Gasteiger partial charge in [-0.15, -0.1) is 11.3 Å². The van der Waals surface area contributed by atoms with Crippen LogP contribution in [-0.2, 0) is 6.54 Å². The molecule has 2 aromatic heterocycles. The lowest BCUT2D eigenvalue weighted by atomic mass is 10.2.